The van der Waals surface area contributed by atoms with E-state index in [9.17, 15) is 4.79 Å². The molecule has 5 heteroatoms. The molecule has 5 nitrogen and oxygen atoms in total. The lowest BCUT2D eigenvalue weighted by Gasteiger charge is -2.13. The first-order chi connectivity index (χ1) is 9.52. The zero-order valence-electron chi connectivity index (χ0n) is 12.6. The third kappa shape index (κ3) is 5.93. The fourth-order valence-electron chi connectivity index (χ4n) is 1.77. The van der Waals surface area contributed by atoms with E-state index in [1.54, 1.807) is 0 Å². The summed E-state index contributed by atoms with van der Waals surface area (Å²) >= 11 is 0. The number of benzene rings is 1. The maximum Gasteiger partial charge on any atom is 0.220 e. The van der Waals surface area contributed by atoms with Crippen LogP contribution in [0.5, 0.6) is 5.75 Å². The highest BCUT2D eigenvalue weighted by molar-refractivity contribution is 5.76. The molecule has 0 aliphatic rings. The molecule has 0 aliphatic heterocycles. The molecule has 0 radical (unpaired) electrons. The molecule has 0 heterocycles. The van der Waals surface area contributed by atoms with Crippen molar-refractivity contribution in [2.24, 2.45) is 0 Å². The number of hydrogen-bond acceptors (Lipinski definition) is 4. The highest BCUT2D eigenvalue weighted by Gasteiger charge is 2.05. The molecular weight excluding hydrogens is 254 g/mol. The minimum atomic E-state index is 0.0670. The topological polar surface area (TPSA) is 67.6 Å². The maximum absolute atomic E-state index is 11.4. The van der Waals surface area contributed by atoms with Gasteiger partial charge in [0.1, 0.15) is 12.4 Å². The largest absolute Gasteiger partial charge is 0.490 e. The fourth-order valence-corrected chi connectivity index (χ4v) is 1.77. The van der Waals surface area contributed by atoms with Crippen LogP contribution in [-0.4, -0.2) is 44.6 Å². The first-order valence-electron chi connectivity index (χ1n) is 6.95. The molecule has 0 bridgehead atoms. The van der Waals surface area contributed by atoms with Crippen LogP contribution in [-0.2, 0) is 11.2 Å². The molecule has 112 valence electrons. The molecule has 20 heavy (non-hydrogen) atoms. The van der Waals surface area contributed by atoms with Gasteiger partial charge in [-0.15, -0.1) is 0 Å². The third-order valence-corrected chi connectivity index (χ3v) is 2.88. The number of hydrogen-bond donors (Lipinski definition) is 2. The second-order valence-electron chi connectivity index (χ2n) is 4.98. The number of nitrogens with zero attached hydrogens (tertiary/aromatic N) is 1. The van der Waals surface area contributed by atoms with E-state index < -0.39 is 0 Å². The van der Waals surface area contributed by atoms with Crippen LogP contribution in [0.15, 0.2) is 18.2 Å². The van der Waals surface area contributed by atoms with Crippen molar-refractivity contribution >= 4 is 11.6 Å². The second-order valence-corrected chi connectivity index (χ2v) is 4.98. The van der Waals surface area contributed by atoms with Gasteiger partial charge in [-0.3, -0.25) is 4.79 Å². The van der Waals surface area contributed by atoms with Crippen molar-refractivity contribution < 1.29 is 9.53 Å². The average Bonchev–Trinajstić information content (AvgIpc) is 2.38. The SMILES string of the molecule is CCNC(=O)CCc1ccc(OCCN(C)C)c(N)c1. The number of amides is 1. The quantitative estimate of drug-likeness (QED) is 0.703. The summed E-state index contributed by atoms with van der Waals surface area (Å²) in [5.74, 6) is 0.769. The van der Waals surface area contributed by atoms with Gasteiger partial charge in [-0.05, 0) is 45.1 Å². The van der Waals surface area contributed by atoms with E-state index in [0.29, 0.717) is 37.4 Å². The Balaban J connectivity index is 2.48. The lowest BCUT2D eigenvalue weighted by Crippen LogP contribution is -2.22. The summed E-state index contributed by atoms with van der Waals surface area (Å²) in [6.45, 7) is 4.03. The van der Waals surface area contributed by atoms with Crippen LogP contribution in [0.1, 0.15) is 18.9 Å². The summed E-state index contributed by atoms with van der Waals surface area (Å²) in [5, 5.41) is 2.78. The van der Waals surface area contributed by atoms with Crippen LogP contribution in [0.4, 0.5) is 5.69 Å². The molecule has 0 saturated carbocycles. The number of carbonyl (C=O) groups excluding carboxylic acids is 1. The number of ether oxygens (including phenoxy) is 1. The maximum atomic E-state index is 11.4. The van der Waals surface area contributed by atoms with Gasteiger partial charge in [-0.25, -0.2) is 0 Å². The molecule has 0 atom stereocenters. The van der Waals surface area contributed by atoms with Crippen molar-refractivity contribution in [2.75, 3.05) is 39.5 Å². The van der Waals surface area contributed by atoms with Gasteiger partial charge in [0.25, 0.3) is 0 Å². The van der Waals surface area contributed by atoms with Crippen LogP contribution in [0.2, 0.25) is 0 Å². The van der Waals surface area contributed by atoms with Gasteiger partial charge in [0, 0.05) is 19.5 Å². The summed E-state index contributed by atoms with van der Waals surface area (Å²) in [7, 11) is 3.99. The normalized spacial score (nSPS) is 10.6. The summed E-state index contributed by atoms with van der Waals surface area (Å²) in [6.07, 6.45) is 1.17. The summed E-state index contributed by atoms with van der Waals surface area (Å²) in [4.78, 5) is 13.5. The Hall–Kier alpha value is -1.75. The van der Waals surface area contributed by atoms with Crippen molar-refractivity contribution in [3.63, 3.8) is 0 Å². The number of likely N-dealkylation sites (N-methyl/N-ethyl adjacent to an activating group) is 1. The highest BCUT2D eigenvalue weighted by Crippen LogP contribution is 2.23. The molecule has 0 fully saturated rings. The Morgan fingerprint density at radius 1 is 1.40 bits per heavy atom. The first-order valence-corrected chi connectivity index (χ1v) is 6.95. The smallest absolute Gasteiger partial charge is 0.220 e. The predicted molar refractivity (Wildman–Crippen MR) is 81.9 cm³/mol. The molecule has 1 rings (SSSR count). The lowest BCUT2D eigenvalue weighted by atomic mass is 10.1. The standard InChI is InChI=1S/C15H25N3O2/c1-4-17-15(19)8-6-12-5-7-14(13(16)11-12)20-10-9-18(2)3/h5,7,11H,4,6,8-10,16H2,1-3H3,(H,17,19). The highest BCUT2D eigenvalue weighted by atomic mass is 16.5. The van der Waals surface area contributed by atoms with Crippen LogP contribution in [0, 0.1) is 0 Å². The molecule has 1 aromatic carbocycles. The van der Waals surface area contributed by atoms with Crippen LogP contribution in [0.3, 0.4) is 0 Å². The van der Waals surface area contributed by atoms with E-state index in [0.717, 1.165) is 12.1 Å². The Morgan fingerprint density at radius 3 is 2.75 bits per heavy atom. The number of carbonyl (C=O) groups is 1. The van der Waals surface area contributed by atoms with E-state index in [4.69, 9.17) is 10.5 Å². The van der Waals surface area contributed by atoms with Gasteiger partial charge < -0.3 is 20.7 Å². The molecule has 0 spiro atoms. The average molecular weight is 279 g/mol. The minimum absolute atomic E-state index is 0.0670. The molecule has 0 aliphatic carbocycles. The van der Waals surface area contributed by atoms with Gasteiger partial charge in [0.05, 0.1) is 5.69 Å². The van der Waals surface area contributed by atoms with Gasteiger partial charge in [-0.2, -0.15) is 0 Å². The Kier molecular flexibility index (Phi) is 6.87. The number of nitrogen functional groups attached to an aromatic ring is 1. The van der Waals surface area contributed by atoms with Gasteiger partial charge in [0.15, 0.2) is 0 Å². The monoisotopic (exact) mass is 279 g/mol. The number of nitrogens with one attached hydrogen (secondary N) is 1. The zero-order chi connectivity index (χ0) is 15.0. The van der Waals surface area contributed by atoms with Crippen molar-refractivity contribution in [3.8, 4) is 5.75 Å². The number of rotatable bonds is 8. The molecule has 0 aromatic heterocycles. The van der Waals surface area contributed by atoms with E-state index in [1.165, 1.54) is 0 Å². The van der Waals surface area contributed by atoms with Gasteiger partial charge in [0.2, 0.25) is 5.91 Å². The summed E-state index contributed by atoms with van der Waals surface area (Å²) < 4.78 is 5.62. The summed E-state index contributed by atoms with van der Waals surface area (Å²) in [6, 6.07) is 5.71. The molecule has 1 aromatic rings. The molecule has 3 N–H and O–H groups in total. The number of nitrogens with two attached hydrogens (primary N) is 1. The molecule has 0 unspecified atom stereocenters. The van der Waals surface area contributed by atoms with Crippen LogP contribution in [0.25, 0.3) is 0 Å². The Labute approximate surface area is 121 Å². The number of anilines is 1. The fraction of sp³-hybridized carbons (Fsp3) is 0.533. The zero-order valence-corrected chi connectivity index (χ0v) is 12.6. The van der Waals surface area contributed by atoms with E-state index in [-0.39, 0.29) is 5.91 Å². The van der Waals surface area contributed by atoms with Crippen LogP contribution >= 0.6 is 0 Å². The van der Waals surface area contributed by atoms with Gasteiger partial charge >= 0.3 is 0 Å². The summed E-state index contributed by atoms with van der Waals surface area (Å²) in [5.41, 5.74) is 7.64. The second kappa shape index (κ2) is 8.43. The first kappa shape index (κ1) is 16.3. The van der Waals surface area contributed by atoms with Gasteiger partial charge in [-0.1, -0.05) is 6.07 Å². The van der Waals surface area contributed by atoms with Crippen molar-refractivity contribution in [2.45, 2.75) is 19.8 Å². The van der Waals surface area contributed by atoms with Crippen molar-refractivity contribution in [1.82, 2.24) is 10.2 Å². The van der Waals surface area contributed by atoms with E-state index in [2.05, 4.69) is 10.2 Å². The van der Waals surface area contributed by atoms with E-state index in [1.807, 2.05) is 39.2 Å². The van der Waals surface area contributed by atoms with Crippen molar-refractivity contribution in [3.05, 3.63) is 23.8 Å². The molecule has 0 saturated heterocycles. The molecular formula is C15H25N3O2. The Morgan fingerprint density at radius 2 is 2.15 bits per heavy atom. The minimum Gasteiger partial charge on any atom is -0.490 e. The van der Waals surface area contributed by atoms with Crippen LogP contribution < -0.4 is 15.8 Å². The van der Waals surface area contributed by atoms with E-state index >= 15 is 0 Å². The lowest BCUT2D eigenvalue weighted by molar-refractivity contribution is -0.120. The third-order valence-electron chi connectivity index (χ3n) is 2.88. The Bertz CT molecular complexity index is 433. The van der Waals surface area contributed by atoms with Crippen molar-refractivity contribution in [1.29, 1.82) is 0 Å². The number of aryl methyl sites for hydroxylation is 1. The predicted octanol–water partition coefficient (Wildman–Crippen LogP) is 1.28. The molecule has 1 amide bonds.